The fourth-order valence-corrected chi connectivity index (χ4v) is 6.60. The van der Waals surface area contributed by atoms with Crippen molar-refractivity contribution in [2.24, 2.45) is 0 Å². The first-order chi connectivity index (χ1) is 17.5. The van der Waals surface area contributed by atoms with E-state index in [1.807, 2.05) is 11.8 Å². The summed E-state index contributed by atoms with van der Waals surface area (Å²) >= 11 is 0. The molecule has 1 atom stereocenters. The Kier molecular flexibility index (Phi) is 7.92. The number of fused-ring (bicyclic) bond motifs is 1. The highest BCUT2D eigenvalue weighted by Crippen LogP contribution is 2.25. The molecule has 1 unspecified atom stereocenters. The van der Waals surface area contributed by atoms with Crippen LogP contribution >= 0.6 is 0 Å². The van der Waals surface area contributed by atoms with Gasteiger partial charge < -0.3 is 14.4 Å². The Morgan fingerprint density at radius 2 is 1.67 bits per heavy atom. The second-order valence-electron chi connectivity index (χ2n) is 10.9. The van der Waals surface area contributed by atoms with Gasteiger partial charge in [-0.1, -0.05) is 37.6 Å². The molecule has 1 aromatic heterocycles. The lowest BCUT2D eigenvalue weighted by Gasteiger charge is -2.41. The van der Waals surface area contributed by atoms with Crippen LogP contribution < -0.4 is 5.43 Å². The van der Waals surface area contributed by atoms with E-state index in [1.165, 1.54) is 36.8 Å². The molecule has 5 rings (SSSR count). The summed E-state index contributed by atoms with van der Waals surface area (Å²) in [6.45, 7) is 11.4. The minimum atomic E-state index is -0.116. The Labute approximate surface area is 215 Å². The van der Waals surface area contributed by atoms with Crippen LogP contribution in [0.2, 0.25) is 0 Å². The van der Waals surface area contributed by atoms with E-state index >= 15 is 0 Å². The van der Waals surface area contributed by atoms with Gasteiger partial charge in [0.05, 0.1) is 0 Å². The van der Waals surface area contributed by atoms with Crippen LogP contribution in [0, 0.1) is 6.92 Å². The van der Waals surface area contributed by atoms with Gasteiger partial charge in [-0.2, -0.15) is 0 Å². The molecule has 0 radical (unpaired) electrons. The number of benzene rings is 1. The molecule has 2 fully saturated rings. The minimum absolute atomic E-state index is 0.0720. The lowest BCUT2D eigenvalue weighted by molar-refractivity contribution is 0.0549. The number of nitrogens with zero attached hydrogens (tertiary/aromatic N) is 4. The normalized spacial score (nSPS) is 21.4. The third-order valence-corrected chi connectivity index (χ3v) is 8.70. The number of piperidine rings is 1. The van der Waals surface area contributed by atoms with Gasteiger partial charge in [-0.15, -0.1) is 0 Å². The van der Waals surface area contributed by atoms with Crippen molar-refractivity contribution in [1.82, 2.24) is 19.3 Å². The van der Waals surface area contributed by atoms with E-state index in [2.05, 4.69) is 45.6 Å². The van der Waals surface area contributed by atoms with Crippen LogP contribution in [0.1, 0.15) is 65.5 Å². The Hall–Kier alpha value is -2.44. The number of aromatic nitrogens is 1. The van der Waals surface area contributed by atoms with E-state index in [1.54, 1.807) is 6.07 Å². The zero-order valence-electron chi connectivity index (χ0n) is 22.2. The maximum atomic E-state index is 13.7. The Balaban J connectivity index is 1.26. The summed E-state index contributed by atoms with van der Waals surface area (Å²) in [7, 11) is 0. The quantitative estimate of drug-likeness (QED) is 0.622. The van der Waals surface area contributed by atoms with Gasteiger partial charge in [-0.25, -0.2) is 0 Å². The summed E-state index contributed by atoms with van der Waals surface area (Å²) in [6, 6.07) is 11.0. The highest BCUT2D eigenvalue weighted by atomic mass is 16.2. The number of pyridine rings is 1. The van der Waals surface area contributed by atoms with Crippen molar-refractivity contribution >= 4 is 5.91 Å². The molecule has 3 heterocycles. The number of hydrogen-bond donors (Lipinski definition) is 0. The molecule has 2 saturated heterocycles. The smallest absolute Gasteiger partial charge is 0.259 e. The molecule has 2 aliphatic heterocycles. The standard InChI is InChI=1S/C30H42N4O2/c1-3-27-29(28(35)21-23(2)34(27)20-15-31-13-7-4-8-14-31)30(36)33-18-16-32(17-19-33)26-12-11-24-9-5-6-10-25(24)22-26/h5-6,9-10,21,26H,3-4,7-8,11-20,22H2,1-2H3. The van der Waals surface area contributed by atoms with Crippen molar-refractivity contribution in [2.75, 3.05) is 45.8 Å². The van der Waals surface area contributed by atoms with Gasteiger partial charge in [-0.05, 0) is 69.7 Å². The summed E-state index contributed by atoms with van der Waals surface area (Å²) in [5.74, 6) is -0.0720. The molecule has 1 aromatic carbocycles. The van der Waals surface area contributed by atoms with E-state index in [-0.39, 0.29) is 11.3 Å². The average Bonchev–Trinajstić information content (AvgIpc) is 2.92. The SMILES string of the molecule is CCc1c(C(=O)N2CCN(C3CCc4ccccc4C3)CC2)c(=O)cc(C)n1CCN1CCCCC1. The Bertz CT molecular complexity index is 1130. The third-order valence-electron chi connectivity index (χ3n) is 8.70. The average molecular weight is 491 g/mol. The molecule has 0 bridgehead atoms. The summed E-state index contributed by atoms with van der Waals surface area (Å²) < 4.78 is 2.24. The molecular weight excluding hydrogens is 448 g/mol. The van der Waals surface area contributed by atoms with Crippen molar-refractivity contribution in [3.8, 4) is 0 Å². The highest BCUT2D eigenvalue weighted by Gasteiger charge is 2.31. The fourth-order valence-electron chi connectivity index (χ4n) is 6.60. The number of rotatable bonds is 6. The summed E-state index contributed by atoms with van der Waals surface area (Å²) in [5.41, 5.74) is 5.13. The number of aryl methyl sites for hydroxylation is 2. The molecule has 0 N–H and O–H groups in total. The molecule has 3 aliphatic rings. The number of likely N-dealkylation sites (tertiary alicyclic amines) is 1. The van der Waals surface area contributed by atoms with Crippen molar-refractivity contribution in [3.05, 3.63) is 68.6 Å². The Morgan fingerprint density at radius 3 is 2.39 bits per heavy atom. The van der Waals surface area contributed by atoms with Gasteiger partial charge >= 0.3 is 0 Å². The predicted molar refractivity (Wildman–Crippen MR) is 145 cm³/mol. The van der Waals surface area contributed by atoms with Crippen LogP contribution in [0.4, 0.5) is 0 Å². The van der Waals surface area contributed by atoms with E-state index in [0.717, 1.165) is 63.5 Å². The van der Waals surface area contributed by atoms with Gasteiger partial charge in [0, 0.05) is 62.8 Å². The lowest BCUT2D eigenvalue weighted by atomic mass is 9.87. The van der Waals surface area contributed by atoms with E-state index in [0.29, 0.717) is 31.1 Å². The monoisotopic (exact) mass is 490 g/mol. The molecular formula is C30H42N4O2. The zero-order chi connectivity index (χ0) is 25.1. The van der Waals surface area contributed by atoms with Gasteiger partial charge in [-0.3, -0.25) is 14.5 Å². The number of carbonyl (C=O) groups is 1. The first-order valence-corrected chi connectivity index (χ1v) is 14.1. The number of amides is 1. The lowest BCUT2D eigenvalue weighted by Crippen LogP contribution is -2.53. The Morgan fingerprint density at radius 1 is 0.944 bits per heavy atom. The van der Waals surface area contributed by atoms with Crippen LogP contribution in [-0.2, 0) is 25.8 Å². The molecule has 2 aromatic rings. The summed E-state index contributed by atoms with van der Waals surface area (Å²) in [6.07, 6.45) is 7.99. The summed E-state index contributed by atoms with van der Waals surface area (Å²) in [4.78, 5) is 33.8. The van der Waals surface area contributed by atoms with Crippen LogP contribution in [0.25, 0.3) is 0 Å². The second-order valence-corrected chi connectivity index (χ2v) is 10.9. The maximum absolute atomic E-state index is 13.7. The van der Waals surface area contributed by atoms with Crippen LogP contribution in [0.3, 0.4) is 0 Å². The predicted octanol–water partition coefficient (Wildman–Crippen LogP) is 3.52. The van der Waals surface area contributed by atoms with Gasteiger partial charge in [0.15, 0.2) is 5.43 Å². The molecule has 6 nitrogen and oxygen atoms in total. The van der Waals surface area contributed by atoms with E-state index < -0.39 is 0 Å². The van der Waals surface area contributed by atoms with Crippen LogP contribution in [0.5, 0.6) is 0 Å². The third kappa shape index (κ3) is 5.30. The van der Waals surface area contributed by atoms with Crippen molar-refractivity contribution < 1.29 is 4.79 Å². The first-order valence-electron chi connectivity index (χ1n) is 14.1. The number of piperazine rings is 1. The topological polar surface area (TPSA) is 48.8 Å². The minimum Gasteiger partial charge on any atom is -0.347 e. The van der Waals surface area contributed by atoms with Crippen LogP contribution in [-0.4, -0.2) is 77.0 Å². The summed E-state index contributed by atoms with van der Waals surface area (Å²) in [5, 5.41) is 0. The number of carbonyl (C=O) groups excluding carboxylic acids is 1. The maximum Gasteiger partial charge on any atom is 0.259 e. The van der Waals surface area contributed by atoms with Gasteiger partial charge in [0.2, 0.25) is 0 Å². The largest absolute Gasteiger partial charge is 0.347 e. The molecule has 0 spiro atoms. The molecule has 36 heavy (non-hydrogen) atoms. The van der Waals surface area contributed by atoms with Crippen molar-refractivity contribution in [2.45, 2.75) is 71.4 Å². The van der Waals surface area contributed by atoms with Crippen LogP contribution in [0.15, 0.2) is 35.1 Å². The van der Waals surface area contributed by atoms with Crippen molar-refractivity contribution in [3.63, 3.8) is 0 Å². The molecule has 6 heteroatoms. The molecule has 194 valence electrons. The molecule has 0 saturated carbocycles. The highest BCUT2D eigenvalue weighted by molar-refractivity contribution is 5.95. The van der Waals surface area contributed by atoms with Gasteiger partial charge in [0.1, 0.15) is 5.56 Å². The fraction of sp³-hybridized carbons (Fsp3) is 0.600. The number of hydrogen-bond acceptors (Lipinski definition) is 4. The van der Waals surface area contributed by atoms with E-state index in [9.17, 15) is 9.59 Å². The second kappa shape index (κ2) is 11.3. The van der Waals surface area contributed by atoms with Gasteiger partial charge in [0.25, 0.3) is 5.91 Å². The molecule has 1 amide bonds. The van der Waals surface area contributed by atoms with Crippen molar-refractivity contribution in [1.29, 1.82) is 0 Å². The molecule has 1 aliphatic carbocycles. The zero-order valence-corrected chi connectivity index (χ0v) is 22.2. The first kappa shape index (κ1) is 25.2. The van der Waals surface area contributed by atoms with E-state index in [4.69, 9.17) is 0 Å².